The van der Waals surface area contributed by atoms with Crippen LogP contribution in [0.1, 0.15) is 6.42 Å². The Morgan fingerprint density at radius 2 is 2.44 bits per heavy atom. The molecule has 1 aliphatic heterocycles. The van der Waals surface area contributed by atoms with Gasteiger partial charge in [-0.1, -0.05) is 0 Å². The first kappa shape index (κ1) is 13.1. The Bertz CT molecular complexity index is 291. The van der Waals surface area contributed by atoms with Crippen LogP contribution in [0.5, 0.6) is 0 Å². The van der Waals surface area contributed by atoms with Gasteiger partial charge >= 0.3 is 0 Å². The second-order valence-corrected chi connectivity index (χ2v) is 4.78. The van der Waals surface area contributed by atoms with Crippen LogP contribution in [-0.4, -0.2) is 53.9 Å². The Morgan fingerprint density at radius 1 is 1.69 bits per heavy atom. The molecule has 0 unspecified atom stereocenters. The van der Waals surface area contributed by atoms with Gasteiger partial charge in [0.05, 0.1) is 0 Å². The predicted molar refractivity (Wildman–Crippen MR) is 67.0 cm³/mol. The molecule has 1 amide bonds. The number of carbonyl (C=O) groups is 1. The number of carbonyl (C=O) groups excluding carboxylic acids is 1. The van der Waals surface area contributed by atoms with Gasteiger partial charge in [-0.15, -0.1) is 0 Å². The van der Waals surface area contributed by atoms with Crippen LogP contribution in [-0.2, 0) is 4.79 Å². The number of nitrogens with zero attached hydrogens (tertiary/aromatic N) is 3. The normalized spacial score (nSPS) is 16.3. The molecule has 0 saturated carbocycles. The monoisotopic (exact) mass is 241 g/mol. The molecule has 0 bridgehead atoms. The second-order valence-electron chi connectivity index (χ2n) is 3.72. The van der Waals surface area contributed by atoms with Gasteiger partial charge in [0.2, 0.25) is 5.91 Å². The topological polar surface area (TPSA) is 59.7 Å². The van der Waals surface area contributed by atoms with Gasteiger partial charge in [0.1, 0.15) is 6.67 Å². The molecule has 0 aromatic heterocycles. The molecule has 1 atom stereocenters. The Hall–Kier alpha value is -1.01. The molecule has 1 N–H and O–H groups in total. The third kappa shape index (κ3) is 4.67. The molecule has 1 rings (SSSR count). The predicted octanol–water partition coefficient (Wildman–Crippen LogP) is 0.622. The Labute approximate surface area is 101 Å². The second kappa shape index (κ2) is 6.55. The van der Waals surface area contributed by atoms with Crippen LogP contribution in [0.4, 0.5) is 0 Å². The van der Waals surface area contributed by atoms with Gasteiger partial charge in [0.25, 0.3) is 0 Å². The fourth-order valence-corrected chi connectivity index (χ4v) is 1.89. The van der Waals surface area contributed by atoms with Crippen molar-refractivity contribution < 1.29 is 4.79 Å². The number of rotatable bonds is 5. The fraction of sp³-hybridized carbons (Fsp3) is 0.600. The van der Waals surface area contributed by atoms with Crippen LogP contribution >= 0.6 is 11.9 Å². The van der Waals surface area contributed by atoms with Crippen LogP contribution in [0.25, 0.3) is 0 Å². The number of hydrogen-bond acceptors (Lipinski definition) is 4. The molecule has 6 heteroatoms. The van der Waals surface area contributed by atoms with Gasteiger partial charge in [0, 0.05) is 44.7 Å². The van der Waals surface area contributed by atoms with Crippen LogP contribution in [0, 0.1) is 0 Å². The minimum atomic E-state index is -0.362. The molecule has 16 heavy (non-hydrogen) atoms. The van der Waals surface area contributed by atoms with E-state index in [2.05, 4.69) is 4.99 Å². The van der Waals surface area contributed by atoms with E-state index in [1.807, 2.05) is 16.6 Å². The molecule has 0 aromatic carbocycles. The Morgan fingerprint density at radius 3 is 3.00 bits per heavy atom. The van der Waals surface area contributed by atoms with Gasteiger partial charge in [-0.05, 0) is 18.0 Å². The first-order chi connectivity index (χ1) is 7.59. The Balaban J connectivity index is 2.19. The van der Waals surface area contributed by atoms with Crippen molar-refractivity contribution in [3.05, 3.63) is 12.3 Å². The van der Waals surface area contributed by atoms with E-state index in [4.69, 9.17) is 5.73 Å². The van der Waals surface area contributed by atoms with E-state index in [1.165, 1.54) is 16.8 Å². The first-order valence-electron chi connectivity index (χ1n) is 5.07. The van der Waals surface area contributed by atoms with E-state index in [0.29, 0.717) is 12.4 Å². The molecule has 5 nitrogen and oxygen atoms in total. The van der Waals surface area contributed by atoms with E-state index in [0.717, 1.165) is 0 Å². The maximum atomic E-state index is 11.3. The lowest BCUT2D eigenvalue weighted by atomic mass is 10.2. The summed E-state index contributed by atoms with van der Waals surface area (Å²) >= 11 is 1.53. The minimum Gasteiger partial charge on any atom is -0.349 e. The van der Waals surface area contributed by atoms with Crippen LogP contribution in [0.2, 0.25) is 0 Å². The average molecular weight is 241 g/mol. The zero-order valence-corrected chi connectivity index (χ0v) is 10.4. The van der Waals surface area contributed by atoms with Crippen molar-refractivity contribution in [2.75, 3.05) is 26.5 Å². The summed E-state index contributed by atoms with van der Waals surface area (Å²) < 4.78 is 1.96. The highest BCUT2D eigenvalue weighted by molar-refractivity contribution is 7.97. The maximum Gasteiger partial charge on any atom is 0.223 e. The highest BCUT2D eigenvalue weighted by Crippen LogP contribution is 2.14. The molecule has 1 heterocycles. The van der Waals surface area contributed by atoms with E-state index in [9.17, 15) is 4.79 Å². The van der Waals surface area contributed by atoms with Crippen molar-refractivity contribution in [3.63, 3.8) is 0 Å². The fourth-order valence-electron chi connectivity index (χ4n) is 1.09. The number of aliphatic imine (C=N–C) groups is 1. The van der Waals surface area contributed by atoms with E-state index < -0.39 is 0 Å². The standard InChI is InChI=1S/C10H17N4OS/c1-13(2)10(15)6-9(11)7-16-14-5-3-4-12-8-14/h3-5,9,11H,6-8H2,1-2H3/t9-/m1/s1. The average Bonchev–Trinajstić information content (AvgIpc) is 2.27. The molecule has 1 aliphatic rings. The van der Waals surface area contributed by atoms with Crippen molar-refractivity contribution in [3.8, 4) is 0 Å². The Kier molecular flexibility index (Phi) is 5.34. The molecule has 0 aromatic rings. The molecule has 1 radical (unpaired) electrons. The van der Waals surface area contributed by atoms with Crippen LogP contribution in [0.3, 0.4) is 0 Å². The number of hydrogen-bond donors (Lipinski definition) is 0. The summed E-state index contributed by atoms with van der Waals surface area (Å²) in [4.78, 5) is 17.0. The summed E-state index contributed by atoms with van der Waals surface area (Å²) in [5.41, 5.74) is 7.76. The summed E-state index contributed by atoms with van der Waals surface area (Å²) in [6.45, 7) is 0.621. The van der Waals surface area contributed by atoms with Gasteiger partial charge < -0.3 is 9.21 Å². The van der Waals surface area contributed by atoms with Crippen LogP contribution < -0.4 is 5.73 Å². The van der Waals surface area contributed by atoms with Gasteiger partial charge in [0.15, 0.2) is 0 Å². The van der Waals surface area contributed by atoms with Crippen molar-refractivity contribution in [2.45, 2.75) is 12.5 Å². The summed E-state index contributed by atoms with van der Waals surface area (Å²) in [5, 5.41) is 0. The van der Waals surface area contributed by atoms with Crippen molar-refractivity contribution in [1.29, 1.82) is 0 Å². The highest BCUT2D eigenvalue weighted by Gasteiger charge is 2.13. The third-order valence-electron chi connectivity index (χ3n) is 2.03. The van der Waals surface area contributed by atoms with Gasteiger partial charge in [-0.3, -0.25) is 15.5 Å². The van der Waals surface area contributed by atoms with E-state index in [1.54, 1.807) is 20.3 Å². The number of allylic oxidation sites excluding steroid dienone is 1. The third-order valence-corrected chi connectivity index (χ3v) is 3.15. The zero-order chi connectivity index (χ0) is 12.0. The van der Waals surface area contributed by atoms with Gasteiger partial charge in [-0.2, -0.15) is 0 Å². The summed E-state index contributed by atoms with van der Waals surface area (Å²) in [5.74, 6) is 0.618. The van der Waals surface area contributed by atoms with Crippen molar-refractivity contribution >= 4 is 24.1 Å². The molecular weight excluding hydrogens is 224 g/mol. The molecule has 0 saturated heterocycles. The minimum absolute atomic E-state index is 0.00723. The lowest BCUT2D eigenvalue weighted by molar-refractivity contribution is -0.128. The van der Waals surface area contributed by atoms with E-state index >= 15 is 0 Å². The highest BCUT2D eigenvalue weighted by atomic mass is 32.2. The van der Waals surface area contributed by atoms with E-state index in [-0.39, 0.29) is 18.4 Å². The number of nitrogens with one attached hydrogen (secondary N) is 1. The largest absolute Gasteiger partial charge is 0.349 e. The van der Waals surface area contributed by atoms with Gasteiger partial charge in [-0.25, -0.2) is 0 Å². The number of amides is 1. The first-order valence-corrected chi connectivity index (χ1v) is 6.01. The molecule has 0 aliphatic carbocycles. The summed E-state index contributed by atoms with van der Waals surface area (Å²) in [7, 11) is 3.43. The maximum absolute atomic E-state index is 11.3. The summed E-state index contributed by atoms with van der Waals surface area (Å²) in [6, 6.07) is -0.362. The summed E-state index contributed by atoms with van der Waals surface area (Å²) in [6.07, 6.45) is 5.82. The molecule has 89 valence electrons. The molecular formula is C10H17N4OS. The SMILES string of the molecule is CN(C)C(=O)C[C@@H]([NH])CSN1C=CC=NC1. The zero-order valence-electron chi connectivity index (χ0n) is 9.59. The lowest BCUT2D eigenvalue weighted by Gasteiger charge is -2.20. The molecule has 0 fully saturated rings. The van der Waals surface area contributed by atoms with Crippen molar-refractivity contribution in [1.82, 2.24) is 14.9 Å². The quantitative estimate of drug-likeness (QED) is 0.663. The smallest absolute Gasteiger partial charge is 0.223 e. The lowest BCUT2D eigenvalue weighted by Crippen LogP contribution is -2.29. The van der Waals surface area contributed by atoms with Crippen LogP contribution in [0.15, 0.2) is 17.3 Å². The molecule has 0 spiro atoms. The van der Waals surface area contributed by atoms with Crippen molar-refractivity contribution in [2.24, 2.45) is 4.99 Å².